The Morgan fingerprint density at radius 3 is 2.34 bits per heavy atom. The summed E-state index contributed by atoms with van der Waals surface area (Å²) in [7, 11) is 5.07. The molecule has 0 aromatic carbocycles. The molecule has 3 heterocycles. The van der Waals surface area contributed by atoms with Gasteiger partial charge in [-0.15, -0.1) is 0 Å². The second kappa shape index (κ2) is 8.00. The number of rotatable bonds is 6. The summed E-state index contributed by atoms with van der Waals surface area (Å²) < 4.78 is 4.71. The van der Waals surface area contributed by atoms with Crippen molar-refractivity contribution in [2.75, 3.05) is 17.2 Å². The van der Waals surface area contributed by atoms with Gasteiger partial charge in [-0.3, -0.25) is 14.4 Å². The van der Waals surface area contributed by atoms with Gasteiger partial charge in [-0.1, -0.05) is 0 Å². The molecule has 0 bridgehead atoms. The lowest BCUT2D eigenvalue weighted by atomic mass is 10.3. The lowest BCUT2D eigenvalue weighted by Gasteiger charge is -2.02. The van der Waals surface area contributed by atoms with Crippen molar-refractivity contribution < 1.29 is 14.4 Å². The van der Waals surface area contributed by atoms with Crippen LogP contribution in [0.3, 0.4) is 0 Å². The summed E-state index contributed by atoms with van der Waals surface area (Å²) in [6.45, 7) is 2.28. The highest BCUT2D eigenvalue weighted by Crippen LogP contribution is 2.16. The molecular formula is C18H22N8O3. The number of carbonyl (C=O) groups is 3. The fraction of sp³-hybridized carbons (Fsp3) is 0.278. The first-order chi connectivity index (χ1) is 13.8. The van der Waals surface area contributed by atoms with Gasteiger partial charge in [0.2, 0.25) is 5.82 Å². The summed E-state index contributed by atoms with van der Waals surface area (Å²) in [5.74, 6) is -0.438. The largest absolute Gasteiger partial charge is 0.350 e. The number of hydrogen-bond donors (Lipinski definition) is 3. The van der Waals surface area contributed by atoms with Crippen LogP contribution in [0.25, 0.3) is 0 Å². The van der Waals surface area contributed by atoms with Crippen LogP contribution in [-0.4, -0.2) is 47.9 Å². The number of carbonyl (C=O) groups excluding carboxylic acids is 3. The summed E-state index contributed by atoms with van der Waals surface area (Å²) in [5, 5.41) is 8.03. The summed E-state index contributed by atoms with van der Waals surface area (Å²) in [4.78, 5) is 45.0. The van der Waals surface area contributed by atoms with E-state index < -0.39 is 5.91 Å². The molecule has 0 saturated carbocycles. The average molecular weight is 398 g/mol. The summed E-state index contributed by atoms with van der Waals surface area (Å²) in [6.07, 6.45) is 6.37. The molecule has 3 amide bonds. The maximum Gasteiger partial charge on any atom is 0.291 e. The molecule has 3 rings (SSSR count). The quantitative estimate of drug-likeness (QED) is 0.564. The van der Waals surface area contributed by atoms with Gasteiger partial charge in [-0.2, -0.15) is 0 Å². The van der Waals surface area contributed by atoms with E-state index in [-0.39, 0.29) is 29.3 Å². The van der Waals surface area contributed by atoms with Crippen LogP contribution in [0.5, 0.6) is 0 Å². The number of aryl methyl sites for hydroxylation is 3. The lowest BCUT2D eigenvalue weighted by Crippen LogP contribution is -2.25. The zero-order valence-corrected chi connectivity index (χ0v) is 16.6. The van der Waals surface area contributed by atoms with Gasteiger partial charge in [0, 0.05) is 52.5 Å². The van der Waals surface area contributed by atoms with Crippen LogP contribution in [0.4, 0.5) is 11.5 Å². The molecule has 3 N–H and O–H groups in total. The van der Waals surface area contributed by atoms with Crippen LogP contribution in [0.1, 0.15) is 38.7 Å². The number of nitrogens with one attached hydrogen (secondary N) is 3. The van der Waals surface area contributed by atoms with Crippen molar-refractivity contribution in [3.63, 3.8) is 0 Å². The highest BCUT2D eigenvalue weighted by Gasteiger charge is 2.18. The molecule has 0 aliphatic carbocycles. The van der Waals surface area contributed by atoms with Gasteiger partial charge in [-0.25, -0.2) is 9.97 Å². The van der Waals surface area contributed by atoms with Crippen molar-refractivity contribution >= 4 is 29.2 Å². The Kier molecular flexibility index (Phi) is 5.48. The van der Waals surface area contributed by atoms with Crippen molar-refractivity contribution in [1.29, 1.82) is 0 Å². The van der Waals surface area contributed by atoms with Crippen molar-refractivity contribution in [2.45, 2.75) is 6.92 Å². The first-order valence-electron chi connectivity index (χ1n) is 8.88. The Morgan fingerprint density at radius 2 is 1.69 bits per heavy atom. The van der Waals surface area contributed by atoms with Crippen LogP contribution in [0.15, 0.2) is 30.9 Å². The van der Waals surface area contributed by atoms with Gasteiger partial charge in [-0.05, 0) is 13.0 Å². The summed E-state index contributed by atoms with van der Waals surface area (Å²) in [6, 6.07) is 1.55. The fourth-order valence-corrected chi connectivity index (χ4v) is 2.79. The Balaban J connectivity index is 1.72. The Bertz CT molecular complexity index is 1070. The monoisotopic (exact) mass is 398 g/mol. The smallest absolute Gasteiger partial charge is 0.291 e. The van der Waals surface area contributed by atoms with E-state index in [0.717, 1.165) is 0 Å². The molecule has 3 aromatic rings. The number of hydrogen-bond acceptors (Lipinski definition) is 5. The third kappa shape index (κ3) is 4.18. The first kappa shape index (κ1) is 19.9. The minimum Gasteiger partial charge on any atom is -0.350 e. The molecule has 0 spiro atoms. The Hall–Kier alpha value is -3.89. The third-order valence-electron chi connectivity index (χ3n) is 4.18. The molecule has 0 radical (unpaired) electrons. The van der Waals surface area contributed by atoms with Gasteiger partial charge in [0.05, 0.1) is 5.69 Å². The summed E-state index contributed by atoms with van der Waals surface area (Å²) >= 11 is 0. The van der Waals surface area contributed by atoms with E-state index in [4.69, 9.17) is 0 Å². The zero-order chi connectivity index (χ0) is 21.1. The van der Waals surface area contributed by atoms with E-state index in [1.54, 1.807) is 54.9 Å². The van der Waals surface area contributed by atoms with Gasteiger partial charge < -0.3 is 29.7 Å². The maximum atomic E-state index is 12.6. The predicted octanol–water partition coefficient (Wildman–Crippen LogP) is 0.746. The van der Waals surface area contributed by atoms with Crippen molar-refractivity contribution in [3.05, 3.63) is 48.2 Å². The van der Waals surface area contributed by atoms with Crippen LogP contribution in [0.2, 0.25) is 0 Å². The molecule has 29 heavy (non-hydrogen) atoms. The highest BCUT2D eigenvalue weighted by atomic mass is 16.2. The minimum absolute atomic E-state index is 0.192. The van der Waals surface area contributed by atoms with Crippen LogP contribution in [-0.2, 0) is 21.1 Å². The van der Waals surface area contributed by atoms with Gasteiger partial charge in [0.15, 0.2) is 11.6 Å². The average Bonchev–Trinajstić information content (AvgIpc) is 3.34. The second-order valence-electron chi connectivity index (χ2n) is 6.42. The molecule has 0 atom stereocenters. The van der Waals surface area contributed by atoms with Gasteiger partial charge in [0.1, 0.15) is 5.69 Å². The van der Waals surface area contributed by atoms with E-state index in [1.165, 1.54) is 10.8 Å². The van der Waals surface area contributed by atoms with Crippen LogP contribution >= 0.6 is 0 Å². The number of aromatic nitrogens is 5. The predicted molar refractivity (Wildman–Crippen MR) is 106 cm³/mol. The van der Waals surface area contributed by atoms with Gasteiger partial charge >= 0.3 is 0 Å². The van der Waals surface area contributed by atoms with Crippen LogP contribution in [0, 0.1) is 0 Å². The molecule has 11 nitrogen and oxygen atoms in total. The molecule has 0 unspecified atom stereocenters. The topological polar surface area (TPSA) is 128 Å². The Labute approximate surface area is 166 Å². The first-order valence-corrected chi connectivity index (χ1v) is 8.88. The van der Waals surface area contributed by atoms with E-state index in [0.29, 0.717) is 17.9 Å². The third-order valence-corrected chi connectivity index (χ3v) is 4.18. The molecule has 11 heteroatoms. The van der Waals surface area contributed by atoms with E-state index in [9.17, 15) is 14.4 Å². The lowest BCUT2D eigenvalue weighted by molar-refractivity contribution is 0.0940. The fourth-order valence-electron chi connectivity index (χ4n) is 2.79. The number of amides is 3. The molecule has 152 valence electrons. The van der Waals surface area contributed by atoms with Crippen LogP contribution < -0.4 is 16.0 Å². The molecule has 0 saturated heterocycles. The molecule has 0 aliphatic heterocycles. The van der Waals surface area contributed by atoms with E-state index >= 15 is 0 Å². The second-order valence-corrected chi connectivity index (χ2v) is 6.42. The van der Waals surface area contributed by atoms with Gasteiger partial charge in [0.25, 0.3) is 17.7 Å². The van der Waals surface area contributed by atoms with Crippen molar-refractivity contribution in [3.8, 4) is 0 Å². The minimum atomic E-state index is -0.425. The number of imidazole rings is 2. The molecular weight excluding hydrogens is 376 g/mol. The maximum absolute atomic E-state index is 12.6. The Morgan fingerprint density at radius 1 is 0.931 bits per heavy atom. The van der Waals surface area contributed by atoms with E-state index in [2.05, 4.69) is 25.9 Å². The number of anilines is 2. The van der Waals surface area contributed by atoms with Crippen molar-refractivity contribution in [1.82, 2.24) is 29.0 Å². The zero-order valence-electron chi connectivity index (χ0n) is 16.6. The molecule has 0 aliphatic rings. The number of nitrogens with zero attached hydrogens (tertiary/aromatic N) is 5. The van der Waals surface area contributed by atoms with Crippen molar-refractivity contribution in [2.24, 2.45) is 21.1 Å². The standard InChI is InChI=1S/C18H22N8O3/c1-5-19-17(28)15-22-13(10-26(15)4)23-16(27)12-8-11(9-25(12)3)21-18(29)14-20-6-7-24(14)2/h6-10H,5H2,1-4H3,(H,19,28)(H,21,29)(H,23,27). The molecule has 3 aromatic heterocycles. The molecule has 0 fully saturated rings. The SMILES string of the molecule is CCNC(=O)c1nc(NC(=O)c2cc(NC(=O)c3nccn3C)cn2C)cn1C. The van der Waals surface area contributed by atoms with E-state index in [1.807, 2.05) is 6.92 Å². The highest BCUT2D eigenvalue weighted by molar-refractivity contribution is 6.06. The normalized spacial score (nSPS) is 10.6. The summed E-state index contributed by atoms with van der Waals surface area (Å²) in [5.41, 5.74) is 0.764.